The van der Waals surface area contributed by atoms with Crippen LogP contribution in [-0.2, 0) is 13.8 Å². The van der Waals surface area contributed by atoms with E-state index in [0.717, 1.165) is 3.57 Å². The molecule has 0 aromatic heterocycles. The summed E-state index contributed by atoms with van der Waals surface area (Å²) in [6.07, 6.45) is 0.110. The zero-order valence-corrected chi connectivity index (χ0v) is 13.4. The van der Waals surface area contributed by atoms with Crippen molar-refractivity contribution in [2.75, 3.05) is 17.2 Å². The number of hydrogen-bond acceptors (Lipinski definition) is 3. The average Bonchev–Trinajstić information content (AvgIpc) is 2.60. The van der Waals surface area contributed by atoms with E-state index in [2.05, 4.69) is 0 Å². The SMILES string of the molecule is O=C1CC(CS(=O)(=O)Cl)CN1c1cc(F)ccc1I. The number of carbonyl (C=O) groups excluding carboxylic acids is 1. The van der Waals surface area contributed by atoms with Gasteiger partial charge in [-0.1, -0.05) is 0 Å². The van der Waals surface area contributed by atoms with Gasteiger partial charge in [0, 0.05) is 33.1 Å². The maximum absolute atomic E-state index is 13.2. The Hall–Kier alpha value is -0.410. The van der Waals surface area contributed by atoms with Crippen molar-refractivity contribution in [3.8, 4) is 0 Å². The van der Waals surface area contributed by atoms with Crippen LogP contribution in [0.4, 0.5) is 10.1 Å². The molecule has 1 aliphatic rings. The average molecular weight is 418 g/mol. The number of hydrogen-bond donors (Lipinski definition) is 0. The van der Waals surface area contributed by atoms with E-state index in [1.807, 2.05) is 22.6 Å². The molecule has 8 heteroatoms. The van der Waals surface area contributed by atoms with Crippen LogP contribution in [-0.4, -0.2) is 26.6 Å². The second-order valence-electron chi connectivity index (χ2n) is 4.38. The van der Waals surface area contributed by atoms with Crippen LogP contribution in [0.15, 0.2) is 18.2 Å². The fraction of sp³-hybridized carbons (Fsp3) is 0.364. The normalized spacial score (nSPS) is 20.1. The van der Waals surface area contributed by atoms with E-state index >= 15 is 0 Å². The number of anilines is 1. The second-order valence-corrected chi connectivity index (χ2v) is 8.36. The van der Waals surface area contributed by atoms with E-state index in [1.165, 1.54) is 17.0 Å². The van der Waals surface area contributed by atoms with Crippen molar-refractivity contribution in [2.24, 2.45) is 5.92 Å². The van der Waals surface area contributed by atoms with E-state index < -0.39 is 14.9 Å². The summed E-state index contributed by atoms with van der Waals surface area (Å²) in [7, 11) is 1.55. The molecule has 1 unspecified atom stereocenters. The number of amides is 1. The predicted molar refractivity (Wildman–Crippen MR) is 79.2 cm³/mol. The highest BCUT2D eigenvalue weighted by Crippen LogP contribution is 2.30. The fourth-order valence-electron chi connectivity index (χ4n) is 2.10. The lowest BCUT2D eigenvalue weighted by atomic mass is 10.1. The minimum atomic E-state index is -3.64. The molecule has 1 atom stereocenters. The molecular formula is C11H10ClFINO3S. The van der Waals surface area contributed by atoms with Crippen molar-refractivity contribution in [1.82, 2.24) is 0 Å². The summed E-state index contributed by atoms with van der Waals surface area (Å²) in [5.74, 6) is -1.25. The van der Waals surface area contributed by atoms with Crippen molar-refractivity contribution in [3.63, 3.8) is 0 Å². The summed E-state index contributed by atoms with van der Waals surface area (Å²) in [6.45, 7) is 0.240. The van der Waals surface area contributed by atoms with Gasteiger partial charge < -0.3 is 4.90 Å². The molecule has 1 saturated heterocycles. The van der Waals surface area contributed by atoms with Crippen LogP contribution in [0.2, 0.25) is 0 Å². The van der Waals surface area contributed by atoms with Gasteiger partial charge in [-0.05, 0) is 40.8 Å². The van der Waals surface area contributed by atoms with Crippen LogP contribution < -0.4 is 4.90 Å². The van der Waals surface area contributed by atoms with Crippen LogP contribution in [0.1, 0.15) is 6.42 Å². The van der Waals surface area contributed by atoms with Gasteiger partial charge in [-0.3, -0.25) is 4.79 Å². The van der Waals surface area contributed by atoms with Gasteiger partial charge >= 0.3 is 0 Å². The molecule has 1 aliphatic heterocycles. The highest BCUT2D eigenvalue weighted by Gasteiger charge is 2.34. The highest BCUT2D eigenvalue weighted by atomic mass is 127. The minimum absolute atomic E-state index is 0.110. The first-order valence-electron chi connectivity index (χ1n) is 5.44. The number of nitrogens with zero attached hydrogens (tertiary/aromatic N) is 1. The molecule has 0 aliphatic carbocycles. The molecular weight excluding hydrogens is 408 g/mol. The first kappa shape index (κ1) is 15.0. The maximum atomic E-state index is 13.2. The van der Waals surface area contributed by atoms with E-state index in [0.29, 0.717) is 5.69 Å². The third-order valence-electron chi connectivity index (χ3n) is 2.84. The van der Waals surface area contributed by atoms with E-state index in [4.69, 9.17) is 10.7 Å². The third kappa shape index (κ3) is 3.79. The Kier molecular flexibility index (Phi) is 4.36. The summed E-state index contributed by atoms with van der Waals surface area (Å²) in [4.78, 5) is 13.3. The lowest BCUT2D eigenvalue weighted by molar-refractivity contribution is -0.117. The Morgan fingerprint density at radius 3 is 2.79 bits per heavy atom. The lowest BCUT2D eigenvalue weighted by Gasteiger charge is -2.18. The van der Waals surface area contributed by atoms with E-state index in [1.54, 1.807) is 6.07 Å². The molecule has 0 N–H and O–H groups in total. The van der Waals surface area contributed by atoms with Gasteiger partial charge in [-0.15, -0.1) is 0 Å². The van der Waals surface area contributed by atoms with Crippen LogP contribution in [0.5, 0.6) is 0 Å². The molecule has 104 valence electrons. The molecule has 1 heterocycles. The Morgan fingerprint density at radius 2 is 2.16 bits per heavy atom. The van der Waals surface area contributed by atoms with Gasteiger partial charge in [0.1, 0.15) is 5.82 Å². The number of benzene rings is 1. The number of carbonyl (C=O) groups is 1. The first-order valence-corrected chi connectivity index (χ1v) is 9.00. The molecule has 0 radical (unpaired) electrons. The Balaban J connectivity index is 2.23. The molecule has 1 amide bonds. The van der Waals surface area contributed by atoms with Gasteiger partial charge in [0.2, 0.25) is 15.0 Å². The van der Waals surface area contributed by atoms with Gasteiger partial charge in [0.05, 0.1) is 11.4 Å². The first-order chi connectivity index (χ1) is 8.76. The Bertz CT molecular complexity index is 622. The molecule has 0 bridgehead atoms. The van der Waals surface area contributed by atoms with Gasteiger partial charge in [-0.25, -0.2) is 12.8 Å². The summed E-state index contributed by atoms with van der Waals surface area (Å²) in [5.41, 5.74) is 0.472. The van der Waals surface area contributed by atoms with Crippen molar-refractivity contribution in [3.05, 3.63) is 27.6 Å². The van der Waals surface area contributed by atoms with E-state index in [-0.39, 0.29) is 30.5 Å². The summed E-state index contributed by atoms with van der Waals surface area (Å²) in [5, 5.41) is 0. The second kappa shape index (κ2) is 5.53. The monoisotopic (exact) mass is 417 g/mol. The van der Waals surface area contributed by atoms with Crippen molar-refractivity contribution < 1.29 is 17.6 Å². The molecule has 19 heavy (non-hydrogen) atoms. The molecule has 2 rings (SSSR count). The lowest BCUT2D eigenvalue weighted by Crippen LogP contribution is -2.26. The molecule has 0 spiro atoms. The highest BCUT2D eigenvalue weighted by molar-refractivity contribution is 14.1. The number of halogens is 3. The molecule has 1 fully saturated rings. The summed E-state index contributed by atoms with van der Waals surface area (Å²) in [6, 6.07) is 4.16. The Labute approximate surface area is 128 Å². The standard InChI is InChI=1S/C11H10ClFINO3S/c12-19(17,18)6-7-3-11(16)15(5-7)10-4-8(13)1-2-9(10)14/h1-2,4,7H,3,5-6H2. The van der Waals surface area contributed by atoms with Gasteiger partial charge in [0.15, 0.2) is 0 Å². The molecule has 1 aromatic carbocycles. The third-order valence-corrected chi connectivity index (χ3v) is 5.00. The molecule has 4 nitrogen and oxygen atoms in total. The fourth-order valence-corrected chi connectivity index (χ4v) is 4.05. The van der Waals surface area contributed by atoms with Crippen molar-refractivity contribution >= 4 is 53.9 Å². The van der Waals surface area contributed by atoms with E-state index in [9.17, 15) is 17.6 Å². The van der Waals surface area contributed by atoms with Crippen molar-refractivity contribution in [2.45, 2.75) is 6.42 Å². The summed E-state index contributed by atoms with van der Waals surface area (Å²) >= 11 is 2.01. The minimum Gasteiger partial charge on any atom is -0.311 e. The summed E-state index contributed by atoms with van der Waals surface area (Å²) < 4.78 is 36.0. The molecule has 1 aromatic rings. The van der Waals surface area contributed by atoms with Gasteiger partial charge in [0.25, 0.3) is 0 Å². The quantitative estimate of drug-likeness (QED) is 0.560. The van der Waals surface area contributed by atoms with Gasteiger partial charge in [-0.2, -0.15) is 0 Å². The Morgan fingerprint density at radius 1 is 1.47 bits per heavy atom. The van der Waals surface area contributed by atoms with Crippen LogP contribution in [0.25, 0.3) is 0 Å². The predicted octanol–water partition coefficient (Wildman–Crippen LogP) is 2.35. The van der Waals surface area contributed by atoms with Crippen LogP contribution >= 0.6 is 33.3 Å². The number of rotatable bonds is 3. The smallest absolute Gasteiger partial charge is 0.232 e. The zero-order chi connectivity index (χ0) is 14.2. The zero-order valence-electron chi connectivity index (χ0n) is 9.64. The molecule has 0 saturated carbocycles. The van der Waals surface area contributed by atoms with Crippen LogP contribution in [0, 0.1) is 15.3 Å². The van der Waals surface area contributed by atoms with Crippen LogP contribution in [0.3, 0.4) is 0 Å². The topological polar surface area (TPSA) is 54.5 Å². The maximum Gasteiger partial charge on any atom is 0.232 e. The largest absolute Gasteiger partial charge is 0.311 e. The van der Waals surface area contributed by atoms with Crippen molar-refractivity contribution in [1.29, 1.82) is 0 Å².